The van der Waals surface area contributed by atoms with Crippen LogP contribution in [0.2, 0.25) is 0 Å². The summed E-state index contributed by atoms with van der Waals surface area (Å²) in [5.41, 5.74) is 4.22. The van der Waals surface area contributed by atoms with Gasteiger partial charge in [0, 0.05) is 18.2 Å². The second kappa shape index (κ2) is 4.37. The van der Waals surface area contributed by atoms with E-state index in [1.807, 2.05) is 6.26 Å². The average Bonchev–Trinajstić information content (AvgIpc) is 2.59. The van der Waals surface area contributed by atoms with Crippen LogP contribution in [0.25, 0.3) is 11.3 Å². The number of carbonyl (C=O) groups is 1. The van der Waals surface area contributed by atoms with E-state index >= 15 is 0 Å². The molecule has 3 aliphatic heterocycles. The van der Waals surface area contributed by atoms with Crippen LogP contribution >= 0.6 is 11.8 Å². The fourth-order valence-corrected chi connectivity index (χ4v) is 2.81. The number of rotatable bonds is 1. The van der Waals surface area contributed by atoms with Gasteiger partial charge in [0.15, 0.2) is 5.69 Å². The lowest BCUT2D eigenvalue weighted by molar-refractivity contribution is 0.0684. The number of carboxylic acids is 1. The van der Waals surface area contributed by atoms with Gasteiger partial charge in [-0.3, -0.25) is 9.48 Å². The van der Waals surface area contributed by atoms with Crippen molar-refractivity contribution in [3.63, 3.8) is 0 Å². The Kier molecular flexibility index (Phi) is 2.78. The first-order valence-electron chi connectivity index (χ1n) is 5.74. The third-order valence-electron chi connectivity index (χ3n) is 3.15. The normalized spacial score (nSPS) is 13.8. The molecule has 0 atom stereocenters. The molecule has 0 saturated carbocycles. The van der Waals surface area contributed by atoms with Crippen LogP contribution in [0.3, 0.4) is 0 Å². The molecule has 0 amide bonds. The minimum atomic E-state index is -1.14. The van der Waals surface area contributed by atoms with Crippen molar-refractivity contribution in [2.75, 3.05) is 6.26 Å². The zero-order valence-electron chi connectivity index (χ0n) is 10.7. The molecule has 104 valence electrons. The molecule has 0 radical (unpaired) electrons. The van der Waals surface area contributed by atoms with Gasteiger partial charge in [-0.15, -0.1) is 11.8 Å². The first-order valence-corrected chi connectivity index (χ1v) is 6.97. The minimum absolute atomic E-state index is 0.0468. The van der Waals surface area contributed by atoms with E-state index in [1.165, 1.54) is 23.5 Å². The first-order chi connectivity index (χ1) is 9.54. The number of nitrogens with zero attached hydrogens (tertiary/aromatic N) is 3. The largest absolute Gasteiger partial charge is 0.476 e. The molecule has 0 aromatic carbocycles. The third-order valence-corrected chi connectivity index (χ3v) is 3.82. The maximum absolute atomic E-state index is 12.0. The number of hydrogen-bond acceptors (Lipinski definition) is 6. The summed E-state index contributed by atoms with van der Waals surface area (Å²) in [5, 5.41) is 18.3. The van der Waals surface area contributed by atoms with Gasteiger partial charge in [0.1, 0.15) is 10.7 Å². The van der Waals surface area contributed by atoms with E-state index in [0.717, 1.165) is 0 Å². The number of hydrogen-bond donors (Lipinski definition) is 3. The van der Waals surface area contributed by atoms with Gasteiger partial charge in [0.25, 0.3) is 5.56 Å². The molecular formula is C11H11N5O3S. The smallest absolute Gasteiger partial charge is 0.356 e. The van der Waals surface area contributed by atoms with Crippen LogP contribution in [0.15, 0.2) is 9.90 Å². The number of nitrogens with one attached hydrogen (secondary N) is 2. The van der Waals surface area contributed by atoms with Gasteiger partial charge in [-0.25, -0.2) is 4.79 Å². The predicted octanol–water partition coefficient (Wildman–Crippen LogP) is 0.0392. The number of H-pyrrole nitrogens is 1. The molecule has 9 heteroatoms. The number of hydrazone groups is 1. The number of aromatic nitrogens is 3. The summed E-state index contributed by atoms with van der Waals surface area (Å²) in [6.07, 6.45) is 1.84. The molecule has 0 aromatic rings. The molecule has 20 heavy (non-hydrogen) atoms. The summed E-state index contributed by atoms with van der Waals surface area (Å²) in [6, 6.07) is 0. The van der Waals surface area contributed by atoms with E-state index in [2.05, 4.69) is 20.6 Å². The molecule has 0 aliphatic carbocycles. The molecule has 0 spiro atoms. The Morgan fingerprint density at radius 3 is 2.90 bits per heavy atom. The lowest BCUT2D eigenvalue weighted by atomic mass is 10.0. The highest BCUT2D eigenvalue weighted by atomic mass is 32.2. The van der Waals surface area contributed by atoms with E-state index in [9.17, 15) is 14.7 Å². The van der Waals surface area contributed by atoms with Gasteiger partial charge in [0.05, 0.1) is 12.2 Å². The quantitative estimate of drug-likeness (QED) is 0.684. The van der Waals surface area contributed by atoms with E-state index in [1.54, 1.807) is 0 Å². The van der Waals surface area contributed by atoms with Crippen LogP contribution in [-0.2, 0) is 13.6 Å². The van der Waals surface area contributed by atoms with Gasteiger partial charge in [-0.2, -0.15) is 10.2 Å². The van der Waals surface area contributed by atoms with Gasteiger partial charge in [-0.05, 0) is 6.26 Å². The van der Waals surface area contributed by atoms with E-state index in [0.29, 0.717) is 21.9 Å². The molecule has 3 N–H and O–H groups in total. The average molecular weight is 293 g/mol. The fraction of sp³-hybridized carbons (Fsp3) is 0.273. The lowest BCUT2D eigenvalue weighted by Crippen LogP contribution is -2.18. The summed E-state index contributed by atoms with van der Waals surface area (Å²) < 4.78 is 1.25. The van der Waals surface area contributed by atoms with Crippen molar-refractivity contribution in [2.45, 2.75) is 6.54 Å². The highest BCUT2D eigenvalue weighted by molar-refractivity contribution is 8.13. The van der Waals surface area contributed by atoms with Gasteiger partial charge >= 0.3 is 5.97 Å². The molecule has 0 fully saturated rings. The monoisotopic (exact) mass is 293 g/mol. The predicted molar refractivity (Wildman–Crippen MR) is 74.3 cm³/mol. The number of carboxylic acid groups (broad SMARTS) is 1. The molecule has 3 rings (SSSR count). The summed E-state index contributed by atoms with van der Waals surface area (Å²) in [5.74, 6) is -1.14. The summed E-state index contributed by atoms with van der Waals surface area (Å²) in [7, 11) is 1.53. The fourth-order valence-electron chi connectivity index (χ4n) is 2.32. The van der Waals surface area contributed by atoms with Crippen molar-refractivity contribution >= 4 is 22.8 Å². The number of aryl methyl sites for hydroxylation is 1. The molecule has 3 heterocycles. The van der Waals surface area contributed by atoms with Crippen LogP contribution in [0.4, 0.5) is 0 Å². The summed E-state index contributed by atoms with van der Waals surface area (Å²) in [6.45, 7) is 0.240. The number of aromatic amines is 1. The van der Waals surface area contributed by atoms with E-state index < -0.39 is 5.97 Å². The highest BCUT2D eigenvalue weighted by Gasteiger charge is 2.31. The van der Waals surface area contributed by atoms with Crippen LogP contribution in [-0.4, -0.2) is 37.1 Å². The Morgan fingerprint density at radius 1 is 1.50 bits per heavy atom. The van der Waals surface area contributed by atoms with Crippen molar-refractivity contribution in [3.05, 3.63) is 27.3 Å². The zero-order chi connectivity index (χ0) is 14.4. The van der Waals surface area contributed by atoms with Crippen molar-refractivity contribution in [1.82, 2.24) is 20.2 Å². The molecule has 0 saturated heterocycles. The lowest BCUT2D eigenvalue weighted by Gasteiger charge is -2.13. The molecular weight excluding hydrogens is 282 g/mol. The molecule has 3 aliphatic rings. The first kappa shape index (κ1) is 12.7. The van der Waals surface area contributed by atoms with Crippen LogP contribution in [0.1, 0.15) is 21.7 Å². The standard InChI is InChI=1S/C11H11N5O3S/c1-16-8(11(18)19)6-5-4(9(17)13-6)3-12-14-10(20-2)7(5)15-16/h12H,3H2,1-2H3,(H,13,17)(H,18,19). The van der Waals surface area contributed by atoms with Gasteiger partial charge < -0.3 is 15.5 Å². The molecule has 0 bridgehead atoms. The molecule has 0 unspecified atom stereocenters. The molecule has 8 nitrogen and oxygen atoms in total. The number of aromatic carboxylic acids is 1. The Bertz CT molecular complexity index is 775. The second-order valence-corrected chi connectivity index (χ2v) is 5.06. The Labute approximate surface area is 117 Å². The van der Waals surface area contributed by atoms with Gasteiger partial charge in [-0.1, -0.05) is 0 Å². The van der Waals surface area contributed by atoms with E-state index in [4.69, 9.17) is 0 Å². The third kappa shape index (κ3) is 1.63. The zero-order valence-corrected chi connectivity index (χ0v) is 11.5. The summed E-state index contributed by atoms with van der Waals surface area (Å²) in [4.78, 5) is 26.0. The Morgan fingerprint density at radius 2 is 2.25 bits per heavy atom. The van der Waals surface area contributed by atoms with Crippen molar-refractivity contribution in [2.24, 2.45) is 12.1 Å². The van der Waals surface area contributed by atoms with Gasteiger partial charge in [0.2, 0.25) is 0 Å². The Balaban J connectivity index is 2.47. The molecule has 0 aromatic heterocycles. The number of thioether (sulfide) groups is 1. The van der Waals surface area contributed by atoms with Crippen LogP contribution in [0, 0.1) is 0 Å². The second-order valence-electron chi connectivity index (χ2n) is 4.26. The Hall–Kier alpha value is -2.29. The van der Waals surface area contributed by atoms with Crippen molar-refractivity contribution < 1.29 is 9.90 Å². The van der Waals surface area contributed by atoms with Crippen LogP contribution < -0.4 is 11.0 Å². The van der Waals surface area contributed by atoms with Crippen molar-refractivity contribution in [1.29, 1.82) is 0 Å². The topological polar surface area (TPSA) is 112 Å². The van der Waals surface area contributed by atoms with Crippen molar-refractivity contribution in [3.8, 4) is 11.3 Å². The maximum atomic E-state index is 12.0. The maximum Gasteiger partial charge on any atom is 0.356 e. The van der Waals surface area contributed by atoms with Crippen LogP contribution in [0.5, 0.6) is 0 Å². The highest BCUT2D eigenvalue weighted by Crippen LogP contribution is 2.31. The van der Waals surface area contributed by atoms with E-state index in [-0.39, 0.29) is 23.5 Å². The minimum Gasteiger partial charge on any atom is -0.476 e. The summed E-state index contributed by atoms with van der Waals surface area (Å²) >= 11 is 1.38. The SMILES string of the molecule is CSC1=NNCc2c3c1nn(C)c(C(=O)O)c-3[nH]c2=O.